The summed E-state index contributed by atoms with van der Waals surface area (Å²) in [5.41, 5.74) is 11.2. The van der Waals surface area contributed by atoms with Crippen LogP contribution in [0.25, 0.3) is 22.2 Å². The molecule has 1 aromatic carbocycles. The summed E-state index contributed by atoms with van der Waals surface area (Å²) in [6.07, 6.45) is 3.72. The minimum atomic E-state index is -2.50. The molecule has 182 valence electrons. The van der Waals surface area contributed by atoms with Crippen molar-refractivity contribution < 1.29 is 8.91 Å². The van der Waals surface area contributed by atoms with Crippen molar-refractivity contribution >= 4 is 22.8 Å². The summed E-state index contributed by atoms with van der Waals surface area (Å²) in [6.45, 7) is 0.123. The molecule has 3 aromatic heterocycles. The van der Waals surface area contributed by atoms with E-state index in [1.54, 1.807) is 24.4 Å². The molecule has 1 aliphatic rings. The number of amides is 1. The van der Waals surface area contributed by atoms with E-state index in [0.717, 1.165) is 65.9 Å². The molecular weight excluding hydrogens is 450 g/mol. The lowest BCUT2D eigenvalue weighted by molar-refractivity contribution is 0.0963. The molecule has 0 atom stereocenters. The quantitative estimate of drug-likeness (QED) is 0.447. The molecule has 0 spiro atoms. The molecular formula is C28H29N7O. The van der Waals surface area contributed by atoms with Crippen LogP contribution in [0.15, 0.2) is 54.7 Å². The minimum Gasteiger partial charge on any atom is -0.384 e. The van der Waals surface area contributed by atoms with Crippen molar-refractivity contribution in [1.29, 1.82) is 5.26 Å². The van der Waals surface area contributed by atoms with Gasteiger partial charge in [-0.2, -0.15) is 5.26 Å². The van der Waals surface area contributed by atoms with Crippen molar-refractivity contribution in [3.8, 4) is 17.2 Å². The topological polar surface area (TPSA) is 113 Å². The molecule has 1 amide bonds. The van der Waals surface area contributed by atoms with E-state index < -0.39 is 12.9 Å². The fourth-order valence-electron chi connectivity index (χ4n) is 5.07. The third-order valence-corrected chi connectivity index (χ3v) is 7.07. The zero-order chi connectivity index (χ0) is 27.7. The van der Waals surface area contributed by atoms with Crippen LogP contribution in [-0.2, 0) is 13.6 Å². The Morgan fingerprint density at radius 3 is 2.69 bits per heavy atom. The number of nitrogens with one attached hydrogen (secondary N) is 1. The van der Waals surface area contributed by atoms with Crippen LogP contribution in [0.4, 0.5) is 5.82 Å². The first-order valence-electron chi connectivity index (χ1n) is 13.4. The monoisotopic (exact) mass is 482 g/mol. The van der Waals surface area contributed by atoms with Gasteiger partial charge >= 0.3 is 0 Å². The van der Waals surface area contributed by atoms with Gasteiger partial charge in [-0.15, -0.1) is 0 Å². The number of nitrogens with two attached hydrogens (primary N) is 1. The maximum Gasteiger partial charge on any atom is 0.251 e. The molecule has 5 rings (SSSR count). The largest absolute Gasteiger partial charge is 0.384 e. The highest BCUT2D eigenvalue weighted by atomic mass is 16.1. The predicted molar refractivity (Wildman–Crippen MR) is 140 cm³/mol. The highest BCUT2D eigenvalue weighted by Gasteiger charge is 2.23. The fourth-order valence-corrected chi connectivity index (χ4v) is 5.07. The lowest BCUT2D eigenvalue weighted by Crippen LogP contribution is -2.33. The number of aryl methyl sites for hydroxylation is 1. The van der Waals surface area contributed by atoms with E-state index in [2.05, 4.69) is 31.6 Å². The Morgan fingerprint density at radius 1 is 1.19 bits per heavy atom. The standard InChI is InChI=1S/C28H29N7O/c1-31-28(36)20-5-3-18(4-6-20)19-10-13-35(14-11-19)17-21-15-24-22(9-12-32-27(24)34(21)2)23-7-8-26(30)33-25(23)16-29/h3-9,12,15,19H,10-11,13-14,17H2,1-2H3,(H2,30,33)(H,31,36)/i1D3. The molecule has 0 saturated carbocycles. The second kappa shape index (κ2) is 9.80. The van der Waals surface area contributed by atoms with Crippen molar-refractivity contribution in [3.05, 3.63) is 77.2 Å². The molecule has 3 N–H and O–H groups in total. The second-order valence-electron chi connectivity index (χ2n) is 9.16. The number of pyridine rings is 2. The van der Waals surface area contributed by atoms with E-state index in [0.29, 0.717) is 23.0 Å². The van der Waals surface area contributed by atoms with Crippen LogP contribution < -0.4 is 11.1 Å². The van der Waals surface area contributed by atoms with Gasteiger partial charge in [-0.25, -0.2) is 9.97 Å². The average molecular weight is 483 g/mol. The number of piperidine rings is 1. The molecule has 0 radical (unpaired) electrons. The fraction of sp³-hybridized carbons (Fsp3) is 0.286. The van der Waals surface area contributed by atoms with Crippen molar-refractivity contribution in [2.45, 2.75) is 25.3 Å². The molecule has 1 aliphatic heterocycles. The van der Waals surface area contributed by atoms with Crippen LogP contribution in [0, 0.1) is 11.3 Å². The molecule has 0 aliphatic carbocycles. The summed E-state index contributed by atoms with van der Waals surface area (Å²) < 4.78 is 23.7. The van der Waals surface area contributed by atoms with Gasteiger partial charge in [-0.1, -0.05) is 12.1 Å². The number of anilines is 1. The Labute approximate surface area is 214 Å². The molecule has 8 heteroatoms. The average Bonchev–Trinajstić information content (AvgIpc) is 3.23. The predicted octanol–water partition coefficient (Wildman–Crippen LogP) is 3.83. The maximum atomic E-state index is 12.1. The van der Waals surface area contributed by atoms with Gasteiger partial charge in [0.2, 0.25) is 0 Å². The molecule has 36 heavy (non-hydrogen) atoms. The number of benzene rings is 1. The number of hydrogen-bond donors (Lipinski definition) is 2. The number of fused-ring (bicyclic) bond motifs is 1. The number of rotatable bonds is 5. The van der Waals surface area contributed by atoms with E-state index in [4.69, 9.17) is 9.85 Å². The normalized spacial score (nSPS) is 16.2. The van der Waals surface area contributed by atoms with Crippen molar-refractivity contribution in [2.24, 2.45) is 7.05 Å². The third kappa shape index (κ3) is 4.41. The second-order valence-corrected chi connectivity index (χ2v) is 9.16. The van der Waals surface area contributed by atoms with Gasteiger partial charge in [0.25, 0.3) is 5.91 Å². The summed E-state index contributed by atoms with van der Waals surface area (Å²) in [5.74, 6) is 0.0947. The van der Waals surface area contributed by atoms with E-state index in [-0.39, 0.29) is 0 Å². The number of hydrogen-bond acceptors (Lipinski definition) is 6. The van der Waals surface area contributed by atoms with E-state index in [1.165, 1.54) is 0 Å². The Kier molecular flexibility index (Phi) is 5.45. The molecule has 0 unspecified atom stereocenters. The molecule has 4 aromatic rings. The SMILES string of the molecule is [2H]C([2H])([2H])NC(=O)c1ccc(C2CCN(Cc3cc4c(-c5ccc(N)nc5C#N)ccnc4n3C)CC2)cc1. The van der Waals surface area contributed by atoms with Crippen molar-refractivity contribution in [3.63, 3.8) is 0 Å². The smallest absolute Gasteiger partial charge is 0.251 e. The van der Waals surface area contributed by atoms with E-state index >= 15 is 0 Å². The summed E-state index contributed by atoms with van der Waals surface area (Å²) in [4.78, 5) is 23.3. The van der Waals surface area contributed by atoms with Crippen LogP contribution >= 0.6 is 0 Å². The number of carbonyl (C=O) groups is 1. The van der Waals surface area contributed by atoms with Crippen LogP contribution in [0.5, 0.6) is 0 Å². The van der Waals surface area contributed by atoms with Crippen molar-refractivity contribution in [2.75, 3.05) is 25.8 Å². The third-order valence-electron chi connectivity index (χ3n) is 7.07. The number of likely N-dealkylation sites (tertiary alicyclic amines) is 1. The van der Waals surface area contributed by atoms with Crippen LogP contribution in [0.2, 0.25) is 0 Å². The van der Waals surface area contributed by atoms with Gasteiger partial charge in [0.1, 0.15) is 17.5 Å². The van der Waals surface area contributed by atoms with E-state index in [1.807, 2.05) is 36.6 Å². The van der Waals surface area contributed by atoms with Gasteiger partial charge in [0.15, 0.2) is 5.69 Å². The Balaban J connectivity index is 1.28. The maximum absolute atomic E-state index is 12.1. The highest BCUT2D eigenvalue weighted by Crippen LogP contribution is 2.33. The van der Waals surface area contributed by atoms with Crippen LogP contribution in [0.3, 0.4) is 0 Å². The number of aromatic nitrogens is 3. The summed E-state index contributed by atoms with van der Waals surface area (Å²) in [7, 11) is 2.01. The molecule has 1 saturated heterocycles. The number of nitriles is 1. The number of nitrogen functional groups attached to an aromatic ring is 1. The van der Waals surface area contributed by atoms with Gasteiger partial charge in [0, 0.05) is 53.1 Å². The minimum absolute atomic E-state index is 0.293. The van der Waals surface area contributed by atoms with E-state index in [9.17, 15) is 10.1 Å². The van der Waals surface area contributed by atoms with Gasteiger partial charge in [0.05, 0.1) is 0 Å². The van der Waals surface area contributed by atoms with Crippen LogP contribution in [0.1, 0.15) is 50.2 Å². The lowest BCUT2D eigenvalue weighted by atomic mass is 9.89. The first-order chi connectivity index (χ1) is 18.6. The summed E-state index contributed by atoms with van der Waals surface area (Å²) >= 11 is 0. The lowest BCUT2D eigenvalue weighted by Gasteiger charge is -2.32. The highest BCUT2D eigenvalue weighted by molar-refractivity contribution is 5.95. The first kappa shape index (κ1) is 20.0. The Hall–Kier alpha value is -4.22. The zero-order valence-electron chi connectivity index (χ0n) is 23.0. The Morgan fingerprint density at radius 2 is 1.97 bits per heavy atom. The van der Waals surface area contributed by atoms with Gasteiger partial charge in [-0.3, -0.25) is 9.69 Å². The van der Waals surface area contributed by atoms with Crippen LogP contribution in [-0.4, -0.2) is 45.4 Å². The number of carbonyl (C=O) groups excluding carboxylic acids is 1. The molecule has 1 fully saturated rings. The van der Waals surface area contributed by atoms with Gasteiger partial charge < -0.3 is 15.6 Å². The molecule has 0 bridgehead atoms. The molecule has 4 heterocycles. The summed E-state index contributed by atoms with van der Waals surface area (Å²) in [5, 5.41) is 12.6. The van der Waals surface area contributed by atoms with Gasteiger partial charge in [-0.05, 0) is 79.4 Å². The van der Waals surface area contributed by atoms with Crippen molar-refractivity contribution in [1.82, 2.24) is 24.8 Å². The first-order valence-corrected chi connectivity index (χ1v) is 11.9. The zero-order valence-corrected chi connectivity index (χ0v) is 20.0. The molecule has 8 nitrogen and oxygen atoms in total. The Bertz CT molecular complexity index is 1560. The number of nitrogens with zero attached hydrogens (tertiary/aromatic N) is 5. The summed E-state index contributed by atoms with van der Waals surface area (Å²) in [6, 6.07) is 17.0.